The summed E-state index contributed by atoms with van der Waals surface area (Å²) in [6.45, 7) is 0.393. The zero-order valence-electron chi connectivity index (χ0n) is 10.3. The monoisotopic (exact) mass is 350 g/mol. The molecule has 0 aliphatic carbocycles. The molecule has 1 heterocycles. The van der Waals surface area contributed by atoms with Crippen LogP contribution in [0.3, 0.4) is 0 Å². The Morgan fingerprint density at radius 1 is 1.53 bits per heavy atom. The number of nitrogens with two attached hydrogens (primary N) is 1. The van der Waals surface area contributed by atoms with Gasteiger partial charge in [-0.15, -0.1) is 0 Å². The highest BCUT2D eigenvalue weighted by atomic mass is 79.9. The van der Waals surface area contributed by atoms with Crippen molar-refractivity contribution in [1.29, 1.82) is 0 Å². The molecule has 1 aromatic carbocycles. The van der Waals surface area contributed by atoms with E-state index in [1.807, 2.05) is 0 Å². The average Bonchev–Trinajstić information content (AvgIpc) is 2.79. The number of β-amino-alcohol motifs (C(OH)–C–C–N with tert-alkyl or cyclic N) is 1. The number of benzene rings is 1. The molecule has 1 saturated heterocycles. The van der Waals surface area contributed by atoms with E-state index < -0.39 is 16.1 Å². The fourth-order valence-electron chi connectivity index (χ4n) is 1.98. The summed E-state index contributed by atoms with van der Waals surface area (Å²) in [6.07, 6.45) is -0.179. The highest BCUT2D eigenvalue weighted by Crippen LogP contribution is 2.34. The average molecular weight is 351 g/mol. The summed E-state index contributed by atoms with van der Waals surface area (Å²) >= 11 is 3.23. The van der Waals surface area contributed by atoms with Crippen molar-refractivity contribution in [2.75, 3.05) is 25.9 Å². The van der Waals surface area contributed by atoms with Crippen LogP contribution in [0.25, 0.3) is 0 Å². The number of nitrogen functional groups attached to an aromatic ring is 1. The Hall–Kier alpha value is -0.830. The molecule has 0 radical (unpaired) electrons. The first-order valence-corrected chi connectivity index (χ1v) is 7.90. The molecule has 1 unspecified atom stereocenters. The number of halogens is 1. The van der Waals surface area contributed by atoms with Crippen LogP contribution in [-0.2, 0) is 10.0 Å². The van der Waals surface area contributed by atoms with Gasteiger partial charge in [-0.25, -0.2) is 8.42 Å². The quantitative estimate of drug-likeness (QED) is 0.786. The third kappa shape index (κ3) is 2.71. The first-order chi connectivity index (χ1) is 8.86. The summed E-state index contributed by atoms with van der Waals surface area (Å²) in [4.78, 5) is 0.0183. The molecule has 0 saturated carbocycles. The summed E-state index contributed by atoms with van der Waals surface area (Å²) < 4.78 is 31.9. The lowest BCUT2D eigenvalue weighted by molar-refractivity contribution is 0.189. The first-order valence-electron chi connectivity index (χ1n) is 5.67. The van der Waals surface area contributed by atoms with E-state index in [4.69, 9.17) is 10.5 Å². The SMILES string of the molecule is COc1cc(Br)c(N)cc1S(=O)(=O)N1CCC(O)C1. The Balaban J connectivity index is 2.48. The largest absolute Gasteiger partial charge is 0.495 e. The normalized spacial score (nSPS) is 20.7. The summed E-state index contributed by atoms with van der Waals surface area (Å²) in [5.41, 5.74) is 6.05. The second-order valence-corrected chi connectivity index (χ2v) is 7.09. The molecule has 0 bridgehead atoms. The number of rotatable bonds is 3. The number of hydrogen-bond acceptors (Lipinski definition) is 5. The molecule has 2 rings (SSSR count). The van der Waals surface area contributed by atoms with Gasteiger partial charge in [0.05, 0.1) is 13.2 Å². The maximum atomic E-state index is 12.5. The van der Waals surface area contributed by atoms with Gasteiger partial charge in [-0.2, -0.15) is 4.31 Å². The van der Waals surface area contributed by atoms with Gasteiger partial charge in [-0.3, -0.25) is 0 Å². The fourth-order valence-corrected chi connectivity index (χ4v) is 3.97. The van der Waals surface area contributed by atoms with Crippen molar-refractivity contribution < 1.29 is 18.3 Å². The van der Waals surface area contributed by atoms with Crippen LogP contribution in [0.15, 0.2) is 21.5 Å². The van der Waals surface area contributed by atoms with Crippen molar-refractivity contribution >= 4 is 31.6 Å². The number of sulfonamides is 1. The van der Waals surface area contributed by atoms with Gasteiger partial charge in [-0.1, -0.05) is 0 Å². The molecule has 0 amide bonds. The Morgan fingerprint density at radius 3 is 2.74 bits per heavy atom. The molecule has 6 nitrogen and oxygen atoms in total. The van der Waals surface area contributed by atoms with Gasteiger partial charge in [0.2, 0.25) is 10.0 Å². The lowest BCUT2D eigenvalue weighted by Gasteiger charge is -2.18. The molecule has 0 aromatic heterocycles. The van der Waals surface area contributed by atoms with Crippen molar-refractivity contribution in [3.63, 3.8) is 0 Å². The Kier molecular flexibility index (Phi) is 4.05. The molecule has 1 aliphatic heterocycles. The van der Waals surface area contributed by atoms with Crippen molar-refractivity contribution in [2.45, 2.75) is 17.4 Å². The molecule has 0 spiro atoms. The van der Waals surface area contributed by atoms with Gasteiger partial charge in [0.15, 0.2) is 0 Å². The van der Waals surface area contributed by atoms with E-state index in [9.17, 15) is 13.5 Å². The standard InChI is InChI=1S/C11H15BrN2O4S/c1-18-10-4-8(12)9(13)5-11(10)19(16,17)14-3-2-7(15)6-14/h4-5,7,15H,2-3,6,13H2,1H3. The van der Waals surface area contributed by atoms with Crippen LogP contribution < -0.4 is 10.5 Å². The minimum Gasteiger partial charge on any atom is -0.495 e. The summed E-state index contributed by atoms with van der Waals surface area (Å²) in [5, 5.41) is 9.47. The topological polar surface area (TPSA) is 92.9 Å². The van der Waals surface area contributed by atoms with Crippen LogP contribution in [0.2, 0.25) is 0 Å². The summed E-state index contributed by atoms with van der Waals surface area (Å²) in [6, 6.07) is 2.89. The number of aliphatic hydroxyl groups is 1. The van der Waals surface area contributed by atoms with Crippen LogP contribution >= 0.6 is 15.9 Å². The van der Waals surface area contributed by atoms with Crippen LogP contribution in [0, 0.1) is 0 Å². The van der Waals surface area contributed by atoms with Crippen LogP contribution in [0.1, 0.15) is 6.42 Å². The van der Waals surface area contributed by atoms with E-state index in [1.165, 1.54) is 23.5 Å². The number of anilines is 1. The van der Waals surface area contributed by atoms with Gasteiger partial charge in [0.25, 0.3) is 0 Å². The molecular weight excluding hydrogens is 336 g/mol. The van der Waals surface area contributed by atoms with Gasteiger partial charge < -0.3 is 15.6 Å². The summed E-state index contributed by atoms with van der Waals surface area (Å²) in [5.74, 6) is 0.225. The minimum atomic E-state index is -3.71. The zero-order chi connectivity index (χ0) is 14.2. The predicted octanol–water partition coefficient (Wildman–Crippen LogP) is 0.795. The van der Waals surface area contributed by atoms with Crippen molar-refractivity contribution in [3.05, 3.63) is 16.6 Å². The number of aliphatic hydroxyl groups excluding tert-OH is 1. The predicted molar refractivity (Wildman–Crippen MR) is 74.5 cm³/mol. The Labute approximate surface area is 120 Å². The van der Waals surface area contributed by atoms with Crippen molar-refractivity contribution in [2.24, 2.45) is 0 Å². The van der Waals surface area contributed by atoms with Gasteiger partial charge in [0.1, 0.15) is 10.6 Å². The highest BCUT2D eigenvalue weighted by Gasteiger charge is 2.33. The van der Waals surface area contributed by atoms with Gasteiger partial charge >= 0.3 is 0 Å². The van der Waals surface area contributed by atoms with E-state index in [2.05, 4.69) is 15.9 Å². The smallest absolute Gasteiger partial charge is 0.246 e. The molecule has 1 aromatic rings. The maximum Gasteiger partial charge on any atom is 0.246 e. The van der Waals surface area contributed by atoms with Crippen LogP contribution in [0.4, 0.5) is 5.69 Å². The Bertz CT molecular complexity index is 591. The lowest BCUT2D eigenvalue weighted by atomic mass is 10.3. The number of ether oxygens (including phenoxy) is 1. The van der Waals surface area contributed by atoms with E-state index in [0.29, 0.717) is 23.1 Å². The second kappa shape index (κ2) is 5.28. The van der Waals surface area contributed by atoms with Crippen LogP contribution in [0.5, 0.6) is 5.75 Å². The molecule has 1 fully saturated rings. The Morgan fingerprint density at radius 2 is 2.21 bits per heavy atom. The first kappa shape index (κ1) is 14.6. The fraction of sp³-hybridized carbons (Fsp3) is 0.455. The molecule has 106 valence electrons. The zero-order valence-corrected chi connectivity index (χ0v) is 12.7. The molecule has 1 aliphatic rings. The molecule has 19 heavy (non-hydrogen) atoms. The van der Waals surface area contributed by atoms with Crippen molar-refractivity contribution in [3.8, 4) is 5.75 Å². The number of methoxy groups -OCH3 is 1. The van der Waals surface area contributed by atoms with Gasteiger partial charge in [-0.05, 0) is 34.5 Å². The summed E-state index contributed by atoms with van der Waals surface area (Å²) in [7, 11) is -2.31. The van der Waals surface area contributed by atoms with E-state index in [-0.39, 0.29) is 17.2 Å². The molecule has 8 heteroatoms. The highest BCUT2D eigenvalue weighted by molar-refractivity contribution is 9.10. The third-order valence-electron chi connectivity index (χ3n) is 3.03. The van der Waals surface area contributed by atoms with Gasteiger partial charge in [0, 0.05) is 23.2 Å². The molecule has 1 atom stereocenters. The number of hydrogen-bond donors (Lipinski definition) is 2. The maximum absolute atomic E-state index is 12.5. The minimum absolute atomic E-state index is 0.0183. The number of nitrogens with zero attached hydrogens (tertiary/aromatic N) is 1. The molecular formula is C11H15BrN2O4S. The van der Waals surface area contributed by atoms with Crippen LogP contribution in [-0.4, -0.2) is 44.1 Å². The second-order valence-electron chi connectivity index (χ2n) is 4.33. The van der Waals surface area contributed by atoms with E-state index in [0.717, 1.165) is 0 Å². The van der Waals surface area contributed by atoms with E-state index >= 15 is 0 Å². The molecule has 3 N–H and O–H groups in total. The van der Waals surface area contributed by atoms with Crippen molar-refractivity contribution in [1.82, 2.24) is 4.31 Å². The third-order valence-corrected chi connectivity index (χ3v) is 5.60. The lowest BCUT2D eigenvalue weighted by Crippen LogP contribution is -2.30. The van der Waals surface area contributed by atoms with E-state index in [1.54, 1.807) is 0 Å².